The Morgan fingerprint density at radius 1 is 1.18 bits per heavy atom. The standard InChI is InChI=1S/C12H10FN3O/c13-9-4-6-10(7-5-9)16(14)12(17)11-3-1-2-8-15-11/h1-8H,14H2. The van der Waals surface area contributed by atoms with Crippen LogP contribution in [0.5, 0.6) is 0 Å². The van der Waals surface area contributed by atoms with Gasteiger partial charge in [0.15, 0.2) is 0 Å². The summed E-state index contributed by atoms with van der Waals surface area (Å²) in [6.45, 7) is 0. The van der Waals surface area contributed by atoms with Gasteiger partial charge in [-0.05, 0) is 36.4 Å². The average molecular weight is 231 g/mol. The number of nitrogens with two attached hydrogens (primary N) is 1. The van der Waals surface area contributed by atoms with Crippen molar-refractivity contribution in [2.75, 3.05) is 5.01 Å². The van der Waals surface area contributed by atoms with Crippen LogP contribution in [0.25, 0.3) is 0 Å². The minimum absolute atomic E-state index is 0.235. The number of hydrogen-bond donors (Lipinski definition) is 1. The smallest absolute Gasteiger partial charge is 0.265 e. The van der Waals surface area contributed by atoms with E-state index in [1.54, 1.807) is 18.2 Å². The summed E-state index contributed by atoms with van der Waals surface area (Å²) in [7, 11) is 0. The fourth-order valence-corrected chi connectivity index (χ4v) is 1.33. The largest absolute Gasteiger partial charge is 0.291 e. The van der Waals surface area contributed by atoms with E-state index in [0.717, 1.165) is 5.01 Å². The van der Waals surface area contributed by atoms with E-state index < -0.39 is 5.91 Å². The minimum atomic E-state index is -0.447. The molecule has 86 valence electrons. The molecule has 0 radical (unpaired) electrons. The summed E-state index contributed by atoms with van der Waals surface area (Å²) in [5.41, 5.74) is 0.640. The molecule has 2 aromatic rings. The lowest BCUT2D eigenvalue weighted by molar-refractivity contribution is 0.0982. The second kappa shape index (κ2) is 4.71. The first-order chi connectivity index (χ1) is 8.18. The molecule has 0 unspecified atom stereocenters. The number of amides is 1. The van der Waals surface area contributed by atoms with Crippen molar-refractivity contribution in [2.45, 2.75) is 0 Å². The Hall–Kier alpha value is -2.27. The number of rotatable bonds is 2. The lowest BCUT2D eigenvalue weighted by atomic mass is 10.2. The zero-order valence-electron chi connectivity index (χ0n) is 8.88. The first kappa shape index (κ1) is 11.2. The summed E-state index contributed by atoms with van der Waals surface area (Å²) in [5, 5.41) is 0.932. The Morgan fingerprint density at radius 3 is 2.47 bits per heavy atom. The Kier molecular flexibility index (Phi) is 3.11. The molecule has 0 fully saturated rings. The third-order valence-corrected chi connectivity index (χ3v) is 2.21. The lowest BCUT2D eigenvalue weighted by Crippen LogP contribution is -2.37. The number of pyridine rings is 1. The molecule has 0 saturated heterocycles. The third-order valence-electron chi connectivity index (χ3n) is 2.21. The van der Waals surface area contributed by atoms with Crippen molar-refractivity contribution in [1.82, 2.24) is 4.98 Å². The Bertz CT molecular complexity index is 513. The quantitative estimate of drug-likeness (QED) is 0.486. The van der Waals surface area contributed by atoms with Gasteiger partial charge in [-0.15, -0.1) is 0 Å². The van der Waals surface area contributed by atoms with Crippen molar-refractivity contribution in [3.63, 3.8) is 0 Å². The van der Waals surface area contributed by atoms with Crippen LogP contribution >= 0.6 is 0 Å². The number of hydrazine groups is 1. The predicted molar refractivity (Wildman–Crippen MR) is 61.6 cm³/mol. The molecule has 0 bridgehead atoms. The van der Waals surface area contributed by atoms with E-state index >= 15 is 0 Å². The van der Waals surface area contributed by atoms with Gasteiger partial charge < -0.3 is 0 Å². The molecule has 5 heteroatoms. The number of carbonyl (C=O) groups excluding carboxylic acids is 1. The van der Waals surface area contributed by atoms with Crippen LogP contribution in [0.4, 0.5) is 10.1 Å². The third kappa shape index (κ3) is 2.46. The van der Waals surface area contributed by atoms with Gasteiger partial charge in [0.25, 0.3) is 5.91 Å². The summed E-state index contributed by atoms with van der Waals surface area (Å²) in [6.07, 6.45) is 1.51. The maximum absolute atomic E-state index is 12.7. The van der Waals surface area contributed by atoms with Crippen LogP contribution in [0.3, 0.4) is 0 Å². The maximum atomic E-state index is 12.7. The van der Waals surface area contributed by atoms with Crippen molar-refractivity contribution < 1.29 is 9.18 Å². The van der Waals surface area contributed by atoms with E-state index in [9.17, 15) is 9.18 Å². The van der Waals surface area contributed by atoms with Gasteiger partial charge in [-0.1, -0.05) is 6.07 Å². The average Bonchev–Trinajstić information content (AvgIpc) is 2.39. The first-order valence-electron chi connectivity index (χ1n) is 4.94. The van der Waals surface area contributed by atoms with E-state index in [2.05, 4.69) is 4.98 Å². The molecule has 17 heavy (non-hydrogen) atoms. The number of halogens is 1. The molecule has 1 aromatic heterocycles. The summed E-state index contributed by atoms with van der Waals surface area (Å²) in [4.78, 5) is 15.8. The van der Waals surface area contributed by atoms with E-state index in [0.29, 0.717) is 5.69 Å². The molecular formula is C12H10FN3O. The minimum Gasteiger partial charge on any atom is -0.265 e. The zero-order valence-corrected chi connectivity index (χ0v) is 8.88. The summed E-state index contributed by atoms with van der Waals surface area (Å²) in [6, 6.07) is 10.3. The molecule has 1 amide bonds. The molecule has 0 aliphatic rings. The summed E-state index contributed by atoms with van der Waals surface area (Å²) < 4.78 is 12.7. The molecule has 0 saturated carbocycles. The summed E-state index contributed by atoms with van der Waals surface area (Å²) in [5.74, 6) is 4.81. The Morgan fingerprint density at radius 2 is 1.88 bits per heavy atom. The Balaban J connectivity index is 2.23. The fourth-order valence-electron chi connectivity index (χ4n) is 1.33. The molecule has 0 atom stereocenters. The van der Waals surface area contributed by atoms with Crippen LogP contribution < -0.4 is 10.9 Å². The van der Waals surface area contributed by atoms with Gasteiger partial charge in [0.05, 0.1) is 5.69 Å². The van der Waals surface area contributed by atoms with Crippen molar-refractivity contribution in [1.29, 1.82) is 0 Å². The number of hydrogen-bond acceptors (Lipinski definition) is 3. The van der Waals surface area contributed by atoms with Crippen molar-refractivity contribution in [3.05, 3.63) is 60.2 Å². The number of carbonyl (C=O) groups is 1. The normalized spacial score (nSPS) is 10.0. The highest BCUT2D eigenvalue weighted by Crippen LogP contribution is 2.13. The van der Waals surface area contributed by atoms with Crippen molar-refractivity contribution in [2.24, 2.45) is 5.84 Å². The number of benzene rings is 1. The number of nitrogens with zero attached hydrogens (tertiary/aromatic N) is 2. The number of anilines is 1. The lowest BCUT2D eigenvalue weighted by Gasteiger charge is -2.15. The second-order valence-electron chi connectivity index (χ2n) is 3.37. The molecule has 2 N–H and O–H groups in total. The Labute approximate surface area is 97.5 Å². The van der Waals surface area contributed by atoms with Crippen molar-refractivity contribution >= 4 is 11.6 Å². The predicted octanol–water partition coefficient (Wildman–Crippen LogP) is 1.74. The fraction of sp³-hybridized carbons (Fsp3) is 0. The van der Waals surface area contributed by atoms with Crippen LogP contribution in [0.2, 0.25) is 0 Å². The SMILES string of the molecule is NN(C(=O)c1ccccn1)c1ccc(F)cc1. The summed E-state index contributed by atoms with van der Waals surface area (Å²) >= 11 is 0. The highest BCUT2D eigenvalue weighted by atomic mass is 19.1. The van der Waals surface area contributed by atoms with Gasteiger partial charge in [0.2, 0.25) is 0 Å². The first-order valence-corrected chi connectivity index (χ1v) is 4.94. The van der Waals surface area contributed by atoms with Gasteiger partial charge in [-0.3, -0.25) is 9.78 Å². The van der Waals surface area contributed by atoms with Gasteiger partial charge in [-0.25, -0.2) is 15.2 Å². The topological polar surface area (TPSA) is 59.2 Å². The van der Waals surface area contributed by atoms with Gasteiger partial charge in [0, 0.05) is 6.20 Å². The van der Waals surface area contributed by atoms with Crippen LogP contribution in [0.1, 0.15) is 10.5 Å². The van der Waals surface area contributed by atoms with Crippen LogP contribution in [0, 0.1) is 5.82 Å². The van der Waals surface area contributed by atoms with Crippen LogP contribution in [-0.4, -0.2) is 10.9 Å². The van der Waals surface area contributed by atoms with E-state index in [1.807, 2.05) is 0 Å². The number of aromatic nitrogens is 1. The molecule has 0 aliphatic carbocycles. The molecular weight excluding hydrogens is 221 g/mol. The van der Waals surface area contributed by atoms with Crippen LogP contribution in [-0.2, 0) is 0 Å². The molecule has 0 aliphatic heterocycles. The zero-order chi connectivity index (χ0) is 12.3. The monoisotopic (exact) mass is 231 g/mol. The van der Waals surface area contributed by atoms with Gasteiger partial charge in [0.1, 0.15) is 11.5 Å². The highest BCUT2D eigenvalue weighted by Gasteiger charge is 2.14. The van der Waals surface area contributed by atoms with E-state index in [1.165, 1.54) is 30.5 Å². The molecule has 1 aromatic carbocycles. The van der Waals surface area contributed by atoms with E-state index in [-0.39, 0.29) is 11.5 Å². The molecule has 1 heterocycles. The molecule has 4 nitrogen and oxygen atoms in total. The molecule has 2 rings (SSSR count). The highest BCUT2D eigenvalue weighted by molar-refractivity contribution is 6.03. The van der Waals surface area contributed by atoms with Gasteiger partial charge >= 0.3 is 0 Å². The van der Waals surface area contributed by atoms with Crippen LogP contribution in [0.15, 0.2) is 48.7 Å². The van der Waals surface area contributed by atoms with E-state index in [4.69, 9.17) is 5.84 Å². The van der Waals surface area contributed by atoms with Crippen molar-refractivity contribution in [3.8, 4) is 0 Å². The molecule has 0 spiro atoms. The maximum Gasteiger partial charge on any atom is 0.291 e. The second-order valence-corrected chi connectivity index (χ2v) is 3.37. The van der Waals surface area contributed by atoms with Gasteiger partial charge in [-0.2, -0.15) is 0 Å².